The van der Waals surface area contributed by atoms with E-state index in [9.17, 15) is 9.18 Å². The molecule has 0 spiro atoms. The van der Waals surface area contributed by atoms with Crippen LogP contribution in [0.1, 0.15) is 35.3 Å². The van der Waals surface area contributed by atoms with E-state index in [1.807, 2.05) is 12.1 Å². The molecule has 0 unspecified atom stereocenters. The van der Waals surface area contributed by atoms with Crippen LogP contribution in [0, 0.1) is 11.7 Å². The summed E-state index contributed by atoms with van der Waals surface area (Å²) in [6.45, 7) is 0. The summed E-state index contributed by atoms with van der Waals surface area (Å²) in [5, 5.41) is 3.08. The van der Waals surface area contributed by atoms with Gasteiger partial charge in [-0.1, -0.05) is 18.6 Å². The summed E-state index contributed by atoms with van der Waals surface area (Å²) in [5.74, 6) is 0.0834. The Labute approximate surface area is 122 Å². The van der Waals surface area contributed by atoms with Gasteiger partial charge in [-0.2, -0.15) is 0 Å². The lowest BCUT2D eigenvalue weighted by Gasteiger charge is -2.20. The Hall–Kier alpha value is -2.17. The zero-order chi connectivity index (χ0) is 14.7. The normalized spacial score (nSPS) is 21.4. The summed E-state index contributed by atoms with van der Waals surface area (Å²) in [4.78, 5) is 18.8. The third kappa shape index (κ3) is 3.29. The third-order valence-electron chi connectivity index (χ3n) is 4.13. The zero-order valence-corrected chi connectivity index (χ0v) is 11.7. The van der Waals surface area contributed by atoms with Gasteiger partial charge >= 0.3 is 0 Å². The molecule has 1 heterocycles. The number of hydrogen-bond donors (Lipinski definition) is 2. The lowest BCUT2D eigenvalue weighted by Crippen LogP contribution is -2.38. The van der Waals surface area contributed by atoms with Crippen LogP contribution in [0.3, 0.4) is 0 Å². The van der Waals surface area contributed by atoms with E-state index in [1.165, 1.54) is 24.7 Å². The second-order valence-corrected chi connectivity index (χ2v) is 5.57. The Bertz CT molecular complexity index is 594. The Morgan fingerprint density at radius 1 is 1.33 bits per heavy atom. The van der Waals surface area contributed by atoms with Gasteiger partial charge in [0.25, 0.3) is 5.91 Å². The fourth-order valence-electron chi connectivity index (χ4n) is 3.02. The van der Waals surface area contributed by atoms with E-state index >= 15 is 0 Å². The highest BCUT2D eigenvalue weighted by Gasteiger charge is 2.29. The van der Waals surface area contributed by atoms with Gasteiger partial charge < -0.3 is 10.3 Å². The SMILES string of the molecule is O=C(N[C@@H]1CCC[C@@H]1Cc1ccc(F)cc1)c1cnc[nH]1. The van der Waals surface area contributed by atoms with E-state index < -0.39 is 0 Å². The molecule has 3 rings (SSSR count). The van der Waals surface area contributed by atoms with Gasteiger partial charge in [-0.05, 0) is 42.9 Å². The molecular formula is C16H18FN3O. The second kappa shape index (κ2) is 6.08. The highest BCUT2D eigenvalue weighted by molar-refractivity contribution is 5.92. The molecule has 110 valence electrons. The summed E-state index contributed by atoms with van der Waals surface area (Å²) >= 11 is 0. The average molecular weight is 287 g/mol. The van der Waals surface area contributed by atoms with Crippen molar-refractivity contribution in [2.45, 2.75) is 31.7 Å². The van der Waals surface area contributed by atoms with Gasteiger partial charge in [-0.15, -0.1) is 0 Å². The highest BCUT2D eigenvalue weighted by atomic mass is 19.1. The molecule has 2 aromatic rings. The third-order valence-corrected chi connectivity index (χ3v) is 4.13. The topological polar surface area (TPSA) is 57.8 Å². The molecular weight excluding hydrogens is 269 g/mol. The van der Waals surface area contributed by atoms with Gasteiger partial charge in [0.05, 0.1) is 12.5 Å². The molecule has 1 saturated carbocycles. The number of carbonyl (C=O) groups excluding carboxylic acids is 1. The van der Waals surface area contributed by atoms with Crippen LogP contribution >= 0.6 is 0 Å². The molecule has 1 aliphatic carbocycles. The summed E-state index contributed by atoms with van der Waals surface area (Å²) in [6, 6.07) is 6.79. The summed E-state index contributed by atoms with van der Waals surface area (Å²) < 4.78 is 12.9. The first kappa shape index (κ1) is 13.8. The lowest BCUT2D eigenvalue weighted by atomic mass is 9.94. The number of H-pyrrole nitrogens is 1. The molecule has 5 heteroatoms. The van der Waals surface area contributed by atoms with Crippen LogP contribution in [0.5, 0.6) is 0 Å². The van der Waals surface area contributed by atoms with Crippen molar-refractivity contribution in [2.24, 2.45) is 5.92 Å². The van der Waals surface area contributed by atoms with Crippen LogP contribution in [0.25, 0.3) is 0 Å². The van der Waals surface area contributed by atoms with Crippen LogP contribution in [0.2, 0.25) is 0 Å². The van der Waals surface area contributed by atoms with Crippen molar-refractivity contribution >= 4 is 5.91 Å². The average Bonchev–Trinajstić information content (AvgIpc) is 3.14. The van der Waals surface area contributed by atoms with Crippen molar-refractivity contribution < 1.29 is 9.18 Å². The van der Waals surface area contributed by atoms with Crippen molar-refractivity contribution in [3.8, 4) is 0 Å². The number of imidazole rings is 1. The Kier molecular flexibility index (Phi) is 3.99. The minimum absolute atomic E-state index is 0.108. The molecule has 4 nitrogen and oxygen atoms in total. The molecule has 0 bridgehead atoms. The first-order chi connectivity index (χ1) is 10.2. The van der Waals surface area contributed by atoms with Crippen molar-refractivity contribution in [2.75, 3.05) is 0 Å². The fraction of sp³-hybridized carbons (Fsp3) is 0.375. The van der Waals surface area contributed by atoms with Gasteiger partial charge in [0, 0.05) is 6.04 Å². The van der Waals surface area contributed by atoms with Gasteiger partial charge in [-0.3, -0.25) is 4.79 Å². The van der Waals surface area contributed by atoms with Gasteiger partial charge in [0.1, 0.15) is 11.5 Å². The first-order valence-electron chi connectivity index (χ1n) is 7.26. The second-order valence-electron chi connectivity index (χ2n) is 5.57. The lowest BCUT2D eigenvalue weighted by molar-refractivity contribution is 0.0923. The van der Waals surface area contributed by atoms with Crippen molar-refractivity contribution in [1.82, 2.24) is 15.3 Å². The largest absolute Gasteiger partial charge is 0.348 e. The monoisotopic (exact) mass is 287 g/mol. The number of aromatic nitrogens is 2. The van der Waals surface area contributed by atoms with Crippen LogP contribution in [-0.4, -0.2) is 21.9 Å². The number of nitrogens with zero attached hydrogens (tertiary/aromatic N) is 1. The maximum absolute atomic E-state index is 12.9. The van der Waals surface area contributed by atoms with E-state index in [2.05, 4.69) is 15.3 Å². The standard InChI is InChI=1S/C16H18FN3O/c17-13-6-4-11(5-7-13)8-12-2-1-3-14(12)20-16(21)15-9-18-10-19-15/h4-7,9-10,12,14H,1-3,8H2,(H,18,19)(H,20,21)/t12-,14-/m1/s1. The first-order valence-corrected chi connectivity index (χ1v) is 7.26. The van der Waals surface area contributed by atoms with Crippen LogP contribution in [0.4, 0.5) is 4.39 Å². The summed E-state index contributed by atoms with van der Waals surface area (Å²) in [5.41, 5.74) is 1.60. The number of halogens is 1. The molecule has 2 atom stereocenters. The molecule has 0 saturated heterocycles. The molecule has 21 heavy (non-hydrogen) atoms. The van der Waals surface area contributed by atoms with E-state index in [1.54, 1.807) is 0 Å². The molecule has 2 N–H and O–H groups in total. The number of benzene rings is 1. The fourth-order valence-corrected chi connectivity index (χ4v) is 3.02. The van der Waals surface area contributed by atoms with Crippen molar-refractivity contribution in [1.29, 1.82) is 0 Å². The minimum Gasteiger partial charge on any atom is -0.348 e. The van der Waals surface area contributed by atoms with Gasteiger partial charge in [-0.25, -0.2) is 9.37 Å². The molecule has 0 radical (unpaired) electrons. The molecule has 1 amide bonds. The van der Waals surface area contributed by atoms with Crippen molar-refractivity contribution in [3.05, 3.63) is 53.9 Å². The molecule has 1 aromatic carbocycles. The van der Waals surface area contributed by atoms with E-state index in [-0.39, 0.29) is 17.8 Å². The number of nitrogens with one attached hydrogen (secondary N) is 2. The van der Waals surface area contributed by atoms with Crippen LogP contribution in [0.15, 0.2) is 36.8 Å². The maximum atomic E-state index is 12.9. The van der Waals surface area contributed by atoms with Crippen molar-refractivity contribution in [3.63, 3.8) is 0 Å². The number of rotatable bonds is 4. The number of amides is 1. The van der Waals surface area contributed by atoms with E-state index in [0.717, 1.165) is 31.2 Å². The quantitative estimate of drug-likeness (QED) is 0.908. The van der Waals surface area contributed by atoms with Crippen LogP contribution < -0.4 is 5.32 Å². The predicted molar refractivity (Wildman–Crippen MR) is 77.3 cm³/mol. The highest BCUT2D eigenvalue weighted by Crippen LogP contribution is 2.29. The number of aromatic amines is 1. The summed E-state index contributed by atoms with van der Waals surface area (Å²) in [6.07, 6.45) is 7.09. The summed E-state index contributed by atoms with van der Waals surface area (Å²) in [7, 11) is 0. The Morgan fingerprint density at radius 2 is 2.14 bits per heavy atom. The molecule has 1 fully saturated rings. The Balaban J connectivity index is 1.62. The molecule has 1 aliphatic rings. The van der Waals surface area contributed by atoms with Crippen LogP contribution in [-0.2, 0) is 6.42 Å². The maximum Gasteiger partial charge on any atom is 0.269 e. The number of carbonyl (C=O) groups is 1. The molecule has 1 aromatic heterocycles. The van der Waals surface area contributed by atoms with E-state index in [4.69, 9.17) is 0 Å². The zero-order valence-electron chi connectivity index (χ0n) is 11.7. The van der Waals surface area contributed by atoms with Gasteiger partial charge in [0.2, 0.25) is 0 Å². The minimum atomic E-state index is -0.214. The smallest absolute Gasteiger partial charge is 0.269 e. The molecule has 0 aliphatic heterocycles. The number of hydrogen-bond acceptors (Lipinski definition) is 2. The van der Waals surface area contributed by atoms with Gasteiger partial charge in [0.15, 0.2) is 0 Å². The van der Waals surface area contributed by atoms with E-state index in [0.29, 0.717) is 11.6 Å². The Morgan fingerprint density at radius 3 is 2.86 bits per heavy atom. The predicted octanol–water partition coefficient (Wildman–Crippen LogP) is 2.69.